The van der Waals surface area contributed by atoms with Crippen LogP contribution in [0.4, 0.5) is 0 Å². The van der Waals surface area contributed by atoms with Gasteiger partial charge in [0.05, 0.1) is 6.26 Å². The summed E-state index contributed by atoms with van der Waals surface area (Å²) in [6.45, 7) is 0. The number of H-pyrrole nitrogens is 1. The van der Waals surface area contributed by atoms with Gasteiger partial charge in [0, 0.05) is 22.4 Å². The molecule has 0 aliphatic heterocycles. The number of rotatable bonds is 3. The third-order valence-corrected chi connectivity index (χ3v) is 5.03. The van der Waals surface area contributed by atoms with Crippen molar-refractivity contribution in [2.24, 2.45) is 0 Å². The summed E-state index contributed by atoms with van der Waals surface area (Å²) in [5.74, 6) is -0.181. The van der Waals surface area contributed by atoms with Crippen LogP contribution in [0.25, 0.3) is 22.0 Å². The number of fused-ring (bicyclic) bond motifs is 3. The summed E-state index contributed by atoms with van der Waals surface area (Å²) >= 11 is 0. The van der Waals surface area contributed by atoms with Gasteiger partial charge in [-0.1, -0.05) is 72.8 Å². The van der Waals surface area contributed by atoms with Crippen molar-refractivity contribution in [1.82, 2.24) is 4.98 Å². The topological polar surface area (TPSA) is 46.0 Å². The fraction of sp³-hybridized carbons (Fsp3) is 0.0417. The lowest BCUT2D eigenvalue weighted by Crippen LogP contribution is -2.15. The number of benzene rings is 3. The number of hydrogen-bond donors (Lipinski definition) is 1. The molecule has 0 aliphatic rings. The standard InChI is InChI=1S/C24H17NO2/c26-23-19(15-27-24-18-13-7-8-14-20(18)25-22(23)24)21(16-9-3-1-4-10-16)17-11-5-2-6-12-17/h1-15,21,25H. The largest absolute Gasteiger partial charge is 0.461 e. The zero-order chi connectivity index (χ0) is 18.2. The van der Waals surface area contributed by atoms with E-state index in [0.29, 0.717) is 16.7 Å². The summed E-state index contributed by atoms with van der Waals surface area (Å²) in [5.41, 5.74) is 4.76. The van der Waals surface area contributed by atoms with E-state index in [9.17, 15) is 4.79 Å². The van der Waals surface area contributed by atoms with Gasteiger partial charge in [-0.3, -0.25) is 4.79 Å². The van der Waals surface area contributed by atoms with Crippen molar-refractivity contribution < 1.29 is 4.42 Å². The van der Waals surface area contributed by atoms with Gasteiger partial charge in [-0.25, -0.2) is 0 Å². The fourth-order valence-electron chi connectivity index (χ4n) is 3.76. The maximum Gasteiger partial charge on any atom is 0.213 e. The van der Waals surface area contributed by atoms with Crippen LogP contribution < -0.4 is 5.43 Å². The highest BCUT2D eigenvalue weighted by Crippen LogP contribution is 2.32. The van der Waals surface area contributed by atoms with E-state index in [0.717, 1.165) is 22.0 Å². The maximum absolute atomic E-state index is 13.4. The predicted octanol–water partition coefficient (Wildman–Crippen LogP) is 5.45. The average molecular weight is 351 g/mol. The molecular weight excluding hydrogens is 334 g/mol. The molecule has 130 valence electrons. The van der Waals surface area contributed by atoms with Crippen LogP contribution in [0.1, 0.15) is 22.6 Å². The number of aromatic nitrogens is 1. The van der Waals surface area contributed by atoms with Crippen molar-refractivity contribution in [1.29, 1.82) is 0 Å². The first kappa shape index (κ1) is 15.6. The van der Waals surface area contributed by atoms with Gasteiger partial charge in [0.1, 0.15) is 5.52 Å². The molecule has 0 aliphatic carbocycles. The second kappa shape index (κ2) is 6.29. The molecule has 0 radical (unpaired) electrons. The Bertz CT molecular complexity index is 1240. The van der Waals surface area contributed by atoms with Gasteiger partial charge in [-0.05, 0) is 23.3 Å². The Morgan fingerprint density at radius 3 is 2.00 bits per heavy atom. The van der Waals surface area contributed by atoms with Crippen molar-refractivity contribution in [3.8, 4) is 0 Å². The Balaban J connectivity index is 1.79. The van der Waals surface area contributed by atoms with Gasteiger partial charge in [0.25, 0.3) is 0 Å². The van der Waals surface area contributed by atoms with E-state index in [4.69, 9.17) is 4.42 Å². The van der Waals surface area contributed by atoms with E-state index in [-0.39, 0.29) is 11.3 Å². The molecule has 3 heteroatoms. The quantitative estimate of drug-likeness (QED) is 0.469. The maximum atomic E-state index is 13.4. The first-order valence-electron chi connectivity index (χ1n) is 8.95. The Kier molecular flexibility index (Phi) is 3.65. The third-order valence-electron chi connectivity index (χ3n) is 5.03. The van der Waals surface area contributed by atoms with Crippen molar-refractivity contribution in [2.45, 2.75) is 5.92 Å². The smallest absolute Gasteiger partial charge is 0.213 e. The molecule has 0 unspecified atom stereocenters. The van der Waals surface area contributed by atoms with Gasteiger partial charge in [0.15, 0.2) is 5.58 Å². The Labute approximate surface area is 155 Å². The lowest BCUT2D eigenvalue weighted by atomic mass is 9.86. The molecule has 27 heavy (non-hydrogen) atoms. The molecule has 0 atom stereocenters. The highest BCUT2D eigenvalue weighted by molar-refractivity contribution is 6.03. The summed E-state index contributed by atoms with van der Waals surface area (Å²) in [6, 6.07) is 27.9. The van der Waals surface area contributed by atoms with Crippen LogP contribution in [0.3, 0.4) is 0 Å². The van der Waals surface area contributed by atoms with Crippen LogP contribution >= 0.6 is 0 Å². The molecule has 3 nitrogen and oxygen atoms in total. The first-order valence-corrected chi connectivity index (χ1v) is 8.95. The molecule has 0 saturated heterocycles. The molecule has 0 bridgehead atoms. The summed E-state index contributed by atoms with van der Waals surface area (Å²) in [4.78, 5) is 16.6. The number of para-hydroxylation sites is 1. The van der Waals surface area contributed by atoms with Gasteiger partial charge in [-0.2, -0.15) is 0 Å². The highest BCUT2D eigenvalue weighted by Gasteiger charge is 2.22. The second-order valence-corrected chi connectivity index (χ2v) is 6.65. The molecule has 2 heterocycles. The van der Waals surface area contributed by atoms with Crippen LogP contribution in [-0.2, 0) is 0 Å². The number of aromatic amines is 1. The summed E-state index contributed by atoms with van der Waals surface area (Å²) in [7, 11) is 0. The number of hydrogen-bond acceptors (Lipinski definition) is 2. The van der Waals surface area contributed by atoms with Crippen molar-refractivity contribution in [3.63, 3.8) is 0 Å². The molecule has 0 amide bonds. The van der Waals surface area contributed by atoms with E-state index in [1.165, 1.54) is 0 Å². The molecule has 0 spiro atoms. The lowest BCUT2D eigenvalue weighted by Gasteiger charge is -2.17. The molecule has 5 rings (SSSR count). The van der Waals surface area contributed by atoms with Crippen LogP contribution in [0.15, 0.2) is 100 Å². The molecule has 3 aromatic carbocycles. The molecule has 0 saturated carbocycles. The van der Waals surface area contributed by atoms with Crippen molar-refractivity contribution >= 4 is 22.0 Å². The first-order chi connectivity index (χ1) is 13.3. The van der Waals surface area contributed by atoms with E-state index in [1.54, 1.807) is 6.26 Å². The Hall–Kier alpha value is -3.59. The minimum Gasteiger partial charge on any atom is -0.461 e. The minimum atomic E-state index is -0.181. The zero-order valence-electron chi connectivity index (χ0n) is 14.6. The molecule has 1 N–H and O–H groups in total. The second-order valence-electron chi connectivity index (χ2n) is 6.65. The van der Waals surface area contributed by atoms with Gasteiger partial charge < -0.3 is 9.40 Å². The predicted molar refractivity (Wildman–Crippen MR) is 108 cm³/mol. The van der Waals surface area contributed by atoms with Crippen LogP contribution in [-0.4, -0.2) is 4.98 Å². The van der Waals surface area contributed by atoms with E-state index < -0.39 is 0 Å². The fourth-order valence-corrected chi connectivity index (χ4v) is 3.76. The normalized spacial score (nSPS) is 11.4. The van der Waals surface area contributed by atoms with Crippen molar-refractivity contribution in [2.75, 3.05) is 0 Å². The summed E-state index contributed by atoms with van der Waals surface area (Å²) in [6.07, 6.45) is 1.62. The van der Waals surface area contributed by atoms with Gasteiger partial charge >= 0.3 is 0 Å². The molecule has 2 aromatic heterocycles. The van der Waals surface area contributed by atoms with E-state index >= 15 is 0 Å². The van der Waals surface area contributed by atoms with Crippen LogP contribution in [0.2, 0.25) is 0 Å². The summed E-state index contributed by atoms with van der Waals surface area (Å²) < 4.78 is 5.97. The minimum absolute atomic E-state index is 0.0230. The van der Waals surface area contributed by atoms with E-state index in [2.05, 4.69) is 4.98 Å². The van der Waals surface area contributed by atoms with Crippen molar-refractivity contribution in [3.05, 3.63) is 118 Å². The highest BCUT2D eigenvalue weighted by atomic mass is 16.3. The molecule has 0 fully saturated rings. The zero-order valence-corrected chi connectivity index (χ0v) is 14.6. The monoisotopic (exact) mass is 351 g/mol. The lowest BCUT2D eigenvalue weighted by molar-refractivity contribution is 0.594. The molecule has 5 aromatic rings. The van der Waals surface area contributed by atoms with Crippen LogP contribution in [0, 0.1) is 0 Å². The van der Waals surface area contributed by atoms with E-state index in [1.807, 2.05) is 84.9 Å². The Morgan fingerprint density at radius 2 is 1.33 bits per heavy atom. The Morgan fingerprint density at radius 1 is 0.741 bits per heavy atom. The molecular formula is C24H17NO2. The SMILES string of the molecule is O=c1c(C(c2ccccc2)c2ccccc2)coc2c1[nH]c1ccccc12. The average Bonchev–Trinajstić information content (AvgIpc) is 3.11. The number of nitrogens with one attached hydrogen (secondary N) is 1. The third kappa shape index (κ3) is 2.56. The van der Waals surface area contributed by atoms with Crippen LogP contribution in [0.5, 0.6) is 0 Å². The van der Waals surface area contributed by atoms with Gasteiger partial charge in [0.2, 0.25) is 5.43 Å². The van der Waals surface area contributed by atoms with Gasteiger partial charge in [-0.15, -0.1) is 0 Å². The summed E-state index contributed by atoms with van der Waals surface area (Å²) in [5, 5.41) is 0.923.